The fourth-order valence-corrected chi connectivity index (χ4v) is 3.07. The molecule has 0 bridgehead atoms. The van der Waals surface area contributed by atoms with E-state index in [0.29, 0.717) is 0 Å². The van der Waals surface area contributed by atoms with E-state index in [4.69, 9.17) is 11.6 Å². The summed E-state index contributed by atoms with van der Waals surface area (Å²) >= 11 is 6.34. The number of aryl methyl sites for hydroxylation is 2. The molecule has 1 aliphatic heterocycles. The molecule has 0 saturated carbocycles. The second-order valence-corrected chi connectivity index (χ2v) is 4.91. The number of hydrogen-bond acceptors (Lipinski definition) is 1. The molecule has 0 atom stereocenters. The quantitative estimate of drug-likeness (QED) is 0.742. The second-order valence-electron chi connectivity index (χ2n) is 4.50. The van der Waals surface area contributed by atoms with E-state index >= 15 is 0 Å². The van der Waals surface area contributed by atoms with Gasteiger partial charge in [-0.2, -0.15) is 0 Å². The van der Waals surface area contributed by atoms with Crippen molar-refractivity contribution < 1.29 is 0 Å². The van der Waals surface area contributed by atoms with Gasteiger partial charge in [0.15, 0.2) is 0 Å². The van der Waals surface area contributed by atoms with E-state index in [9.17, 15) is 0 Å². The zero-order valence-corrected chi connectivity index (χ0v) is 10.4. The molecule has 2 nitrogen and oxygen atoms in total. The lowest BCUT2D eigenvalue weighted by Crippen LogP contribution is -2.24. The van der Waals surface area contributed by atoms with Crippen molar-refractivity contribution in [2.24, 2.45) is 7.05 Å². The Kier molecular flexibility index (Phi) is 2.23. The van der Waals surface area contributed by atoms with E-state index in [2.05, 4.69) is 29.9 Å². The Morgan fingerprint density at radius 1 is 1.38 bits per heavy atom. The third-order valence-corrected chi connectivity index (χ3v) is 3.87. The first-order valence-electron chi connectivity index (χ1n) is 5.66. The van der Waals surface area contributed by atoms with Crippen LogP contribution in [0.1, 0.15) is 16.8 Å². The van der Waals surface area contributed by atoms with Gasteiger partial charge in [0.25, 0.3) is 0 Å². The maximum absolute atomic E-state index is 6.34. The molecule has 0 amide bonds. The Labute approximate surface area is 100 Å². The van der Waals surface area contributed by atoms with E-state index in [0.717, 1.165) is 24.5 Å². The molecule has 0 spiro atoms. The Balaban J connectivity index is 2.48. The molecule has 1 aromatic carbocycles. The highest BCUT2D eigenvalue weighted by Crippen LogP contribution is 2.34. The summed E-state index contributed by atoms with van der Waals surface area (Å²) in [4.78, 5) is 0. The third-order valence-electron chi connectivity index (χ3n) is 3.56. The molecule has 0 saturated heterocycles. The summed E-state index contributed by atoms with van der Waals surface area (Å²) < 4.78 is 2.31. The standard InChI is InChI=1S/C13H15ClN2/c1-8-3-4-10(14)12-9-7-15-6-5-11(9)16(2)13(8)12/h3-4,15H,5-7H2,1-2H3. The summed E-state index contributed by atoms with van der Waals surface area (Å²) in [5.74, 6) is 0. The zero-order chi connectivity index (χ0) is 11.3. The van der Waals surface area contributed by atoms with Gasteiger partial charge >= 0.3 is 0 Å². The van der Waals surface area contributed by atoms with Crippen molar-refractivity contribution in [3.63, 3.8) is 0 Å². The van der Waals surface area contributed by atoms with Gasteiger partial charge in [0, 0.05) is 37.6 Å². The smallest absolute Gasteiger partial charge is 0.0528 e. The van der Waals surface area contributed by atoms with E-state index in [1.54, 1.807) is 0 Å². The van der Waals surface area contributed by atoms with E-state index < -0.39 is 0 Å². The van der Waals surface area contributed by atoms with Crippen molar-refractivity contribution in [1.82, 2.24) is 9.88 Å². The van der Waals surface area contributed by atoms with Gasteiger partial charge in [0.05, 0.1) is 10.5 Å². The average molecular weight is 235 g/mol. The van der Waals surface area contributed by atoms with Gasteiger partial charge in [-0.15, -0.1) is 0 Å². The number of nitrogens with zero attached hydrogens (tertiary/aromatic N) is 1. The zero-order valence-electron chi connectivity index (χ0n) is 9.60. The summed E-state index contributed by atoms with van der Waals surface area (Å²) in [5, 5.41) is 5.54. The number of aromatic nitrogens is 1. The van der Waals surface area contributed by atoms with Gasteiger partial charge in [0.1, 0.15) is 0 Å². The predicted molar refractivity (Wildman–Crippen MR) is 68.1 cm³/mol. The highest BCUT2D eigenvalue weighted by Gasteiger charge is 2.20. The summed E-state index contributed by atoms with van der Waals surface area (Å²) in [6, 6.07) is 4.11. The molecule has 0 unspecified atom stereocenters. The maximum Gasteiger partial charge on any atom is 0.0528 e. The lowest BCUT2D eigenvalue weighted by Gasteiger charge is -2.14. The lowest BCUT2D eigenvalue weighted by atomic mass is 10.0. The Hall–Kier alpha value is -0.990. The fraction of sp³-hybridized carbons (Fsp3) is 0.385. The Morgan fingerprint density at radius 3 is 3.00 bits per heavy atom. The van der Waals surface area contributed by atoms with Crippen LogP contribution in [0.3, 0.4) is 0 Å². The normalized spacial score (nSPS) is 15.4. The van der Waals surface area contributed by atoms with Crippen LogP contribution in [-0.2, 0) is 20.0 Å². The van der Waals surface area contributed by atoms with Gasteiger partial charge < -0.3 is 9.88 Å². The van der Waals surface area contributed by atoms with Crippen LogP contribution in [0, 0.1) is 6.92 Å². The van der Waals surface area contributed by atoms with Crippen LogP contribution >= 0.6 is 11.6 Å². The van der Waals surface area contributed by atoms with Crippen LogP contribution in [0.4, 0.5) is 0 Å². The molecule has 0 radical (unpaired) electrons. The molecule has 1 aliphatic rings. The van der Waals surface area contributed by atoms with Crippen LogP contribution in [0.5, 0.6) is 0 Å². The maximum atomic E-state index is 6.34. The van der Waals surface area contributed by atoms with Crippen molar-refractivity contribution in [1.29, 1.82) is 0 Å². The second kappa shape index (κ2) is 3.51. The Bertz CT molecular complexity index is 569. The van der Waals surface area contributed by atoms with Crippen LogP contribution in [-0.4, -0.2) is 11.1 Å². The van der Waals surface area contributed by atoms with Crippen molar-refractivity contribution in [2.45, 2.75) is 19.9 Å². The first kappa shape index (κ1) is 10.2. The van der Waals surface area contributed by atoms with Crippen LogP contribution in [0.2, 0.25) is 5.02 Å². The molecular weight excluding hydrogens is 220 g/mol. The largest absolute Gasteiger partial charge is 0.347 e. The molecular formula is C13H15ClN2. The van der Waals surface area contributed by atoms with E-state index in [1.807, 2.05) is 6.07 Å². The van der Waals surface area contributed by atoms with Crippen molar-refractivity contribution >= 4 is 22.5 Å². The first-order chi connectivity index (χ1) is 7.70. The predicted octanol–water partition coefficient (Wildman–Crippen LogP) is 2.79. The van der Waals surface area contributed by atoms with E-state index in [1.165, 1.54) is 27.7 Å². The van der Waals surface area contributed by atoms with Gasteiger partial charge in [-0.05, 0) is 24.1 Å². The SMILES string of the molecule is Cc1ccc(Cl)c2c3c(n(C)c12)CCNC3. The van der Waals surface area contributed by atoms with Gasteiger partial charge in [0.2, 0.25) is 0 Å². The number of fused-ring (bicyclic) bond motifs is 3. The van der Waals surface area contributed by atoms with Gasteiger partial charge in [-0.25, -0.2) is 0 Å². The molecule has 3 rings (SSSR count). The third kappa shape index (κ3) is 1.23. The van der Waals surface area contributed by atoms with Gasteiger partial charge in [-0.3, -0.25) is 0 Å². The van der Waals surface area contributed by atoms with Crippen LogP contribution < -0.4 is 5.32 Å². The molecule has 0 aliphatic carbocycles. The van der Waals surface area contributed by atoms with E-state index in [-0.39, 0.29) is 0 Å². The number of hydrogen-bond donors (Lipinski definition) is 1. The molecule has 2 aromatic rings. The number of rotatable bonds is 0. The highest BCUT2D eigenvalue weighted by atomic mass is 35.5. The Morgan fingerprint density at radius 2 is 2.19 bits per heavy atom. The van der Waals surface area contributed by atoms with Crippen LogP contribution in [0.15, 0.2) is 12.1 Å². The molecule has 1 aromatic heterocycles. The lowest BCUT2D eigenvalue weighted by molar-refractivity contribution is 0.622. The monoisotopic (exact) mass is 234 g/mol. The van der Waals surface area contributed by atoms with Gasteiger partial charge in [-0.1, -0.05) is 17.7 Å². The van der Waals surface area contributed by atoms with Crippen molar-refractivity contribution in [2.75, 3.05) is 6.54 Å². The molecule has 3 heteroatoms. The first-order valence-corrected chi connectivity index (χ1v) is 6.04. The fourth-order valence-electron chi connectivity index (χ4n) is 2.80. The number of halogens is 1. The summed E-state index contributed by atoms with van der Waals surface area (Å²) in [7, 11) is 2.15. The minimum atomic E-state index is 0.876. The minimum Gasteiger partial charge on any atom is -0.347 e. The molecule has 16 heavy (non-hydrogen) atoms. The average Bonchev–Trinajstić information content (AvgIpc) is 2.60. The molecule has 0 fully saturated rings. The number of benzene rings is 1. The molecule has 1 N–H and O–H groups in total. The highest BCUT2D eigenvalue weighted by molar-refractivity contribution is 6.36. The molecule has 84 valence electrons. The van der Waals surface area contributed by atoms with Crippen molar-refractivity contribution in [3.05, 3.63) is 34.0 Å². The molecule has 2 heterocycles. The summed E-state index contributed by atoms with van der Waals surface area (Å²) in [5.41, 5.74) is 5.42. The topological polar surface area (TPSA) is 17.0 Å². The summed E-state index contributed by atoms with van der Waals surface area (Å²) in [6.07, 6.45) is 1.09. The minimum absolute atomic E-state index is 0.876. The number of nitrogens with one attached hydrogen (secondary N) is 1. The summed E-state index contributed by atoms with van der Waals surface area (Å²) in [6.45, 7) is 4.15. The van der Waals surface area contributed by atoms with Crippen molar-refractivity contribution in [3.8, 4) is 0 Å². The van der Waals surface area contributed by atoms with Crippen LogP contribution in [0.25, 0.3) is 10.9 Å².